The van der Waals surface area contributed by atoms with Crippen LogP contribution in [0.3, 0.4) is 0 Å². The fraction of sp³-hybridized carbons (Fsp3) is 0. The fourth-order valence-electron chi connectivity index (χ4n) is 0.601. The maximum Gasteiger partial charge on any atom is 0.276 e. The van der Waals surface area contributed by atoms with Crippen LogP contribution in [0, 0.1) is 0 Å². The molecule has 1 rings (SSSR count). The van der Waals surface area contributed by atoms with Gasteiger partial charge in [0, 0.05) is 12.4 Å². The topological polar surface area (TPSA) is 62.2 Å². The van der Waals surface area contributed by atoms with Crippen molar-refractivity contribution in [2.45, 2.75) is 0 Å². The van der Waals surface area contributed by atoms with Gasteiger partial charge in [0.15, 0.2) is 0 Å². The van der Waals surface area contributed by atoms with E-state index in [9.17, 15) is 4.79 Å². The van der Waals surface area contributed by atoms with Crippen molar-refractivity contribution in [2.24, 2.45) is 0 Å². The van der Waals surface area contributed by atoms with Gasteiger partial charge in [-0.3, -0.25) is 15.0 Å². The van der Waals surface area contributed by atoms with E-state index >= 15 is 0 Å². The van der Waals surface area contributed by atoms with Crippen molar-refractivity contribution in [3.8, 4) is 0 Å². The summed E-state index contributed by atoms with van der Waals surface area (Å²) in [6.07, 6.45) is 2.70. The van der Waals surface area contributed by atoms with E-state index in [1.165, 1.54) is 23.9 Å². The molecule has 58 valence electrons. The third-order valence-electron chi connectivity index (χ3n) is 1.07. The van der Waals surface area contributed by atoms with Crippen LogP contribution in [0.4, 0.5) is 0 Å². The summed E-state index contributed by atoms with van der Waals surface area (Å²) >= 11 is 5.52. The van der Waals surface area contributed by atoms with Gasteiger partial charge >= 0.3 is 0 Å². The molecule has 0 saturated heterocycles. The highest BCUT2D eigenvalue weighted by Crippen LogP contribution is 2.07. The summed E-state index contributed by atoms with van der Waals surface area (Å²) in [6, 6.07) is 1.40. The number of hydrogen-bond acceptors (Lipinski definition) is 3. The van der Waals surface area contributed by atoms with Crippen molar-refractivity contribution < 1.29 is 10.0 Å². The molecule has 0 atom stereocenters. The maximum absolute atomic E-state index is 10.7. The molecule has 1 aromatic heterocycles. The molecule has 1 heterocycles. The first kappa shape index (κ1) is 7.97. The lowest BCUT2D eigenvalue weighted by molar-refractivity contribution is 0.0706. The molecular formula is C6H5ClN2O2. The number of carbonyl (C=O) groups is 1. The van der Waals surface area contributed by atoms with Crippen LogP contribution in [0.15, 0.2) is 18.5 Å². The molecule has 1 aromatic rings. The van der Waals surface area contributed by atoms with Crippen molar-refractivity contribution in [3.63, 3.8) is 0 Å². The highest BCUT2D eigenvalue weighted by atomic mass is 35.5. The van der Waals surface area contributed by atoms with Crippen molar-refractivity contribution in [1.82, 2.24) is 10.5 Å². The molecule has 0 aromatic carbocycles. The van der Waals surface area contributed by atoms with E-state index in [1.54, 1.807) is 0 Å². The number of halogens is 1. The Balaban J connectivity index is 2.96. The van der Waals surface area contributed by atoms with Crippen molar-refractivity contribution in [3.05, 3.63) is 29.0 Å². The summed E-state index contributed by atoms with van der Waals surface area (Å²) in [6.45, 7) is 0. The number of pyridine rings is 1. The first-order valence-electron chi connectivity index (χ1n) is 2.79. The van der Waals surface area contributed by atoms with Crippen LogP contribution in [0.1, 0.15) is 10.4 Å². The van der Waals surface area contributed by atoms with E-state index < -0.39 is 5.91 Å². The first-order chi connectivity index (χ1) is 5.24. The van der Waals surface area contributed by atoms with Crippen LogP contribution in [0.2, 0.25) is 5.02 Å². The second kappa shape index (κ2) is 3.32. The molecule has 0 aliphatic carbocycles. The molecule has 0 aliphatic rings. The highest BCUT2D eigenvalue weighted by molar-refractivity contribution is 6.30. The van der Waals surface area contributed by atoms with Gasteiger partial charge < -0.3 is 0 Å². The monoisotopic (exact) mass is 172 g/mol. The van der Waals surface area contributed by atoms with E-state index in [1.807, 2.05) is 0 Å². The number of amides is 1. The van der Waals surface area contributed by atoms with Gasteiger partial charge in [-0.25, -0.2) is 5.48 Å². The van der Waals surface area contributed by atoms with Crippen LogP contribution >= 0.6 is 11.6 Å². The Morgan fingerprint density at radius 1 is 1.64 bits per heavy atom. The maximum atomic E-state index is 10.7. The molecule has 0 bridgehead atoms. The number of hydroxylamine groups is 1. The number of carbonyl (C=O) groups excluding carboxylic acids is 1. The number of aromatic nitrogens is 1. The van der Waals surface area contributed by atoms with E-state index in [4.69, 9.17) is 16.8 Å². The Kier molecular flexibility index (Phi) is 2.40. The van der Waals surface area contributed by atoms with Gasteiger partial charge in [-0.05, 0) is 6.07 Å². The number of hydrogen-bond donors (Lipinski definition) is 2. The SMILES string of the molecule is O=C(NO)c1cncc(Cl)c1. The van der Waals surface area contributed by atoms with Crippen LogP contribution in [0.5, 0.6) is 0 Å². The Morgan fingerprint density at radius 3 is 2.91 bits per heavy atom. The van der Waals surface area contributed by atoms with E-state index in [0.29, 0.717) is 5.02 Å². The molecule has 2 N–H and O–H groups in total. The standard InChI is InChI=1S/C6H5ClN2O2/c7-5-1-4(2-8-3-5)6(10)9-11/h1-3,11H,(H,9,10). The minimum atomic E-state index is -0.625. The van der Waals surface area contributed by atoms with Crippen LogP contribution in [-0.2, 0) is 0 Å². The summed E-state index contributed by atoms with van der Waals surface area (Å²) in [5, 5.41) is 8.56. The van der Waals surface area contributed by atoms with Gasteiger partial charge in [-0.1, -0.05) is 11.6 Å². The third-order valence-corrected chi connectivity index (χ3v) is 1.28. The van der Waals surface area contributed by atoms with Crippen molar-refractivity contribution >= 4 is 17.5 Å². The Hall–Kier alpha value is -1.13. The molecule has 0 aliphatic heterocycles. The second-order valence-corrected chi connectivity index (χ2v) is 2.27. The smallest absolute Gasteiger partial charge is 0.276 e. The number of nitrogens with zero attached hydrogens (tertiary/aromatic N) is 1. The van der Waals surface area contributed by atoms with Crippen LogP contribution in [0.25, 0.3) is 0 Å². The van der Waals surface area contributed by atoms with Gasteiger partial charge in [0.1, 0.15) is 0 Å². The summed E-state index contributed by atoms with van der Waals surface area (Å²) in [5.74, 6) is -0.625. The molecule has 0 saturated carbocycles. The molecule has 0 unspecified atom stereocenters. The minimum Gasteiger partial charge on any atom is -0.288 e. The Bertz CT molecular complexity index is 277. The summed E-state index contributed by atoms with van der Waals surface area (Å²) < 4.78 is 0. The zero-order valence-corrected chi connectivity index (χ0v) is 6.17. The molecule has 4 nitrogen and oxygen atoms in total. The molecule has 0 spiro atoms. The summed E-state index contributed by atoms with van der Waals surface area (Å²) in [5.41, 5.74) is 1.69. The predicted molar refractivity (Wildman–Crippen MR) is 38.5 cm³/mol. The van der Waals surface area contributed by atoms with Gasteiger partial charge in [-0.2, -0.15) is 0 Å². The van der Waals surface area contributed by atoms with Crippen LogP contribution < -0.4 is 5.48 Å². The molecule has 0 radical (unpaired) electrons. The minimum absolute atomic E-state index is 0.222. The normalized spacial score (nSPS) is 9.27. The lowest BCUT2D eigenvalue weighted by Crippen LogP contribution is -2.18. The van der Waals surface area contributed by atoms with E-state index in [-0.39, 0.29) is 5.56 Å². The fourth-order valence-corrected chi connectivity index (χ4v) is 0.774. The lowest BCUT2D eigenvalue weighted by atomic mass is 10.3. The van der Waals surface area contributed by atoms with Crippen molar-refractivity contribution in [2.75, 3.05) is 0 Å². The second-order valence-electron chi connectivity index (χ2n) is 1.83. The Morgan fingerprint density at radius 2 is 2.36 bits per heavy atom. The predicted octanol–water partition coefficient (Wildman–Crippen LogP) is 0.854. The molecule has 11 heavy (non-hydrogen) atoms. The zero-order valence-electron chi connectivity index (χ0n) is 5.41. The summed E-state index contributed by atoms with van der Waals surface area (Å²) in [7, 11) is 0. The first-order valence-corrected chi connectivity index (χ1v) is 3.17. The average Bonchev–Trinajstić information content (AvgIpc) is 2.03. The highest BCUT2D eigenvalue weighted by Gasteiger charge is 2.03. The number of nitrogens with one attached hydrogen (secondary N) is 1. The summed E-state index contributed by atoms with van der Waals surface area (Å²) in [4.78, 5) is 14.4. The molecule has 5 heteroatoms. The molecule has 0 fully saturated rings. The van der Waals surface area contributed by atoms with Gasteiger partial charge in [-0.15, -0.1) is 0 Å². The molecular weight excluding hydrogens is 168 g/mol. The van der Waals surface area contributed by atoms with E-state index in [2.05, 4.69) is 4.98 Å². The van der Waals surface area contributed by atoms with Gasteiger partial charge in [0.2, 0.25) is 0 Å². The van der Waals surface area contributed by atoms with Gasteiger partial charge in [0.25, 0.3) is 5.91 Å². The van der Waals surface area contributed by atoms with Gasteiger partial charge in [0.05, 0.1) is 10.6 Å². The lowest BCUT2D eigenvalue weighted by Gasteiger charge is -1.96. The molecule has 1 amide bonds. The van der Waals surface area contributed by atoms with Crippen LogP contribution in [-0.4, -0.2) is 16.1 Å². The Labute approximate surface area is 67.8 Å². The third kappa shape index (κ3) is 1.89. The quantitative estimate of drug-likeness (QED) is 0.488. The zero-order chi connectivity index (χ0) is 8.27. The average molecular weight is 173 g/mol. The van der Waals surface area contributed by atoms with E-state index in [0.717, 1.165) is 0 Å². The van der Waals surface area contributed by atoms with Crippen molar-refractivity contribution in [1.29, 1.82) is 0 Å². The largest absolute Gasteiger partial charge is 0.288 e. The number of rotatable bonds is 1.